The second-order valence-electron chi connectivity index (χ2n) is 7.60. The molecule has 0 radical (unpaired) electrons. The molecule has 0 bridgehead atoms. The summed E-state index contributed by atoms with van der Waals surface area (Å²) in [6.07, 6.45) is 2.12. The third kappa shape index (κ3) is 4.36. The third-order valence-electron chi connectivity index (χ3n) is 5.33. The number of hydrogen-bond acceptors (Lipinski definition) is 3. The minimum Gasteiger partial charge on any atom is -0.386 e. The van der Waals surface area contributed by atoms with Crippen LogP contribution in [0.1, 0.15) is 43.4 Å². The Morgan fingerprint density at radius 1 is 1.50 bits per heavy atom. The number of aryl methyl sites for hydroxylation is 1. The van der Waals surface area contributed by atoms with Gasteiger partial charge in [0.15, 0.2) is 5.96 Å². The zero-order valence-corrected chi connectivity index (χ0v) is 15.8. The molecule has 2 fully saturated rings. The van der Waals surface area contributed by atoms with Gasteiger partial charge in [-0.05, 0) is 32.3 Å². The van der Waals surface area contributed by atoms with E-state index in [-0.39, 0.29) is 11.3 Å². The van der Waals surface area contributed by atoms with E-state index in [0.717, 1.165) is 56.1 Å². The maximum atomic E-state index is 11.7. The predicted octanol–water partition coefficient (Wildman–Crippen LogP) is 1.60. The number of carbonyl (C=O) groups excluding carboxylic acids is 1. The van der Waals surface area contributed by atoms with Crippen molar-refractivity contribution >= 4 is 11.9 Å². The van der Waals surface area contributed by atoms with Gasteiger partial charge in [0.1, 0.15) is 0 Å². The van der Waals surface area contributed by atoms with Gasteiger partial charge in [-0.25, -0.2) is 0 Å². The molecule has 3 rings (SSSR count). The zero-order chi connectivity index (χ0) is 18.6. The van der Waals surface area contributed by atoms with Crippen molar-refractivity contribution in [2.75, 3.05) is 32.7 Å². The van der Waals surface area contributed by atoms with Gasteiger partial charge in [-0.3, -0.25) is 9.79 Å². The van der Waals surface area contributed by atoms with E-state index in [1.165, 1.54) is 0 Å². The smallest absolute Gasteiger partial charge is 0.220 e. The van der Waals surface area contributed by atoms with Crippen molar-refractivity contribution in [2.24, 2.45) is 10.4 Å². The predicted molar refractivity (Wildman–Crippen MR) is 103 cm³/mol. The second-order valence-corrected chi connectivity index (χ2v) is 7.60. The van der Waals surface area contributed by atoms with E-state index < -0.39 is 6.10 Å². The molecule has 2 aliphatic rings. The Kier molecular flexibility index (Phi) is 5.81. The Morgan fingerprint density at radius 2 is 2.35 bits per heavy atom. The number of carbonyl (C=O) groups is 1. The van der Waals surface area contributed by atoms with Crippen molar-refractivity contribution < 1.29 is 9.90 Å². The monoisotopic (exact) mass is 358 g/mol. The summed E-state index contributed by atoms with van der Waals surface area (Å²) in [5.41, 5.74) is 2.06. The van der Waals surface area contributed by atoms with Gasteiger partial charge in [0.2, 0.25) is 5.91 Å². The second kappa shape index (κ2) is 8.08. The number of nitrogens with zero attached hydrogens (tertiary/aromatic N) is 2. The van der Waals surface area contributed by atoms with Crippen LogP contribution in [0.5, 0.6) is 0 Å². The molecule has 142 valence electrons. The Labute approximate surface area is 155 Å². The SMILES string of the molecule is CCNC(=NCC(O)c1cccc(C)c1)N1CCCC2(CNC(=O)C2)C1. The summed E-state index contributed by atoms with van der Waals surface area (Å²) in [6, 6.07) is 7.92. The lowest BCUT2D eigenvalue weighted by Crippen LogP contribution is -2.51. The summed E-state index contributed by atoms with van der Waals surface area (Å²) in [5, 5.41) is 16.8. The highest BCUT2D eigenvalue weighted by atomic mass is 16.3. The van der Waals surface area contributed by atoms with E-state index in [2.05, 4.69) is 15.5 Å². The number of aliphatic imine (C=N–C) groups is 1. The fraction of sp³-hybridized carbons (Fsp3) is 0.600. The normalized spacial score (nSPS) is 24.7. The van der Waals surface area contributed by atoms with E-state index in [4.69, 9.17) is 4.99 Å². The van der Waals surface area contributed by atoms with Crippen molar-refractivity contribution in [1.82, 2.24) is 15.5 Å². The van der Waals surface area contributed by atoms with E-state index in [1.807, 2.05) is 38.1 Å². The van der Waals surface area contributed by atoms with Gasteiger partial charge in [0.05, 0.1) is 12.6 Å². The van der Waals surface area contributed by atoms with Crippen LogP contribution in [0, 0.1) is 12.3 Å². The number of nitrogens with one attached hydrogen (secondary N) is 2. The molecule has 6 nitrogen and oxygen atoms in total. The van der Waals surface area contributed by atoms with E-state index in [9.17, 15) is 9.90 Å². The lowest BCUT2D eigenvalue weighted by molar-refractivity contribution is -0.119. The van der Waals surface area contributed by atoms with Crippen LogP contribution < -0.4 is 10.6 Å². The number of rotatable bonds is 4. The number of aliphatic hydroxyl groups excluding tert-OH is 1. The molecule has 0 aromatic heterocycles. The van der Waals surface area contributed by atoms with Crippen LogP contribution in [0.2, 0.25) is 0 Å². The lowest BCUT2D eigenvalue weighted by Gasteiger charge is -2.40. The summed E-state index contributed by atoms with van der Waals surface area (Å²) in [5.74, 6) is 0.987. The molecule has 1 aromatic rings. The third-order valence-corrected chi connectivity index (χ3v) is 5.33. The first kappa shape index (κ1) is 18.7. The summed E-state index contributed by atoms with van der Waals surface area (Å²) >= 11 is 0. The fourth-order valence-corrected chi connectivity index (χ4v) is 4.01. The van der Waals surface area contributed by atoms with Crippen molar-refractivity contribution in [3.8, 4) is 0 Å². The van der Waals surface area contributed by atoms with Gasteiger partial charge in [0.25, 0.3) is 0 Å². The molecule has 2 atom stereocenters. The minimum absolute atomic E-state index is 0.0285. The largest absolute Gasteiger partial charge is 0.386 e. The Morgan fingerprint density at radius 3 is 3.04 bits per heavy atom. The van der Waals surface area contributed by atoms with E-state index in [0.29, 0.717) is 13.0 Å². The molecule has 2 heterocycles. The van der Waals surface area contributed by atoms with Gasteiger partial charge in [-0.1, -0.05) is 29.8 Å². The van der Waals surface area contributed by atoms with Gasteiger partial charge >= 0.3 is 0 Å². The molecule has 2 unspecified atom stereocenters. The highest BCUT2D eigenvalue weighted by molar-refractivity contribution is 5.81. The maximum absolute atomic E-state index is 11.7. The van der Waals surface area contributed by atoms with Crippen molar-refractivity contribution in [2.45, 2.75) is 39.2 Å². The number of guanidine groups is 1. The first-order valence-corrected chi connectivity index (χ1v) is 9.56. The first-order chi connectivity index (χ1) is 12.5. The number of amides is 1. The molecule has 0 aliphatic carbocycles. The standard InChI is InChI=1S/C20H30N4O2/c1-3-21-19(22-12-17(25)16-7-4-6-15(2)10-16)24-9-5-8-20(14-24)11-18(26)23-13-20/h4,6-7,10,17,25H,3,5,8-9,11-14H2,1-2H3,(H,21,22)(H,23,26). The molecule has 3 N–H and O–H groups in total. The van der Waals surface area contributed by atoms with Gasteiger partial charge < -0.3 is 20.6 Å². The minimum atomic E-state index is -0.614. The fourth-order valence-electron chi connectivity index (χ4n) is 4.01. The van der Waals surface area contributed by atoms with Gasteiger partial charge in [-0.2, -0.15) is 0 Å². The van der Waals surface area contributed by atoms with Crippen LogP contribution in [0.3, 0.4) is 0 Å². The molecular formula is C20H30N4O2. The van der Waals surface area contributed by atoms with Crippen LogP contribution in [0.25, 0.3) is 0 Å². The van der Waals surface area contributed by atoms with Crippen LogP contribution in [-0.2, 0) is 4.79 Å². The summed E-state index contributed by atoms with van der Waals surface area (Å²) in [6.45, 7) is 7.70. The highest BCUT2D eigenvalue weighted by Crippen LogP contribution is 2.36. The van der Waals surface area contributed by atoms with Crippen molar-refractivity contribution in [1.29, 1.82) is 0 Å². The molecule has 1 spiro atoms. The van der Waals surface area contributed by atoms with Crippen molar-refractivity contribution in [3.05, 3.63) is 35.4 Å². The van der Waals surface area contributed by atoms with E-state index in [1.54, 1.807) is 0 Å². The van der Waals surface area contributed by atoms with Gasteiger partial charge in [-0.15, -0.1) is 0 Å². The molecule has 2 saturated heterocycles. The quantitative estimate of drug-likeness (QED) is 0.564. The number of piperidine rings is 1. The number of aliphatic hydroxyl groups is 1. The summed E-state index contributed by atoms with van der Waals surface area (Å²) in [7, 11) is 0. The average Bonchev–Trinajstić information content (AvgIpc) is 2.98. The van der Waals surface area contributed by atoms with Crippen LogP contribution in [0.15, 0.2) is 29.3 Å². The molecule has 2 aliphatic heterocycles. The molecular weight excluding hydrogens is 328 g/mol. The maximum Gasteiger partial charge on any atom is 0.220 e. The van der Waals surface area contributed by atoms with Crippen LogP contribution in [-0.4, -0.2) is 54.6 Å². The Hall–Kier alpha value is -2.08. The summed E-state index contributed by atoms with van der Waals surface area (Å²) < 4.78 is 0. The lowest BCUT2D eigenvalue weighted by atomic mass is 9.79. The Bertz CT molecular complexity index is 676. The van der Waals surface area contributed by atoms with Crippen molar-refractivity contribution in [3.63, 3.8) is 0 Å². The highest BCUT2D eigenvalue weighted by Gasteiger charge is 2.42. The number of benzene rings is 1. The zero-order valence-electron chi connectivity index (χ0n) is 15.8. The van der Waals surface area contributed by atoms with Crippen LogP contribution >= 0.6 is 0 Å². The number of likely N-dealkylation sites (tertiary alicyclic amines) is 1. The molecule has 0 saturated carbocycles. The molecule has 6 heteroatoms. The molecule has 26 heavy (non-hydrogen) atoms. The molecule has 1 amide bonds. The summed E-state index contributed by atoms with van der Waals surface area (Å²) in [4.78, 5) is 18.6. The topological polar surface area (TPSA) is 77.0 Å². The van der Waals surface area contributed by atoms with E-state index >= 15 is 0 Å². The van der Waals surface area contributed by atoms with Gasteiger partial charge in [0, 0.05) is 38.0 Å². The Balaban J connectivity index is 1.69. The molecule has 1 aromatic carbocycles. The average molecular weight is 358 g/mol. The van der Waals surface area contributed by atoms with Crippen LogP contribution in [0.4, 0.5) is 0 Å². The number of hydrogen-bond donors (Lipinski definition) is 3. The first-order valence-electron chi connectivity index (χ1n) is 9.56.